The third-order valence-corrected chi connectivity index (χ3v) is 3.25. The first kappa shape index (κ1) is 14.0. The second kappa shape index (κ2) is 6.68. The average Bonchev–Trinajstić information content (AvgIpc) is 2.44. The molecule has 19 heavy (non-hydrogen) atoms. The van der Waals surface area contributed by atoms with Crippen molar-refractivity contribution in [3.8, 4) is 0 Å². The third kappa shape index (κ3) is 4.33. The molecule has 0 spiro atoms. The highest BCUT2D eigenvalue weighted by atomic mass is 16.5. The molecule has 1 aliphatic rings. The van der Waals surface area contributed by atoms with Gasteiger partial charge in [0.1, 0.15) is 18.0 Å². The number of nitrogens with zero attached hydrogens (tertiary/aromatic N) is 2. The molecule has 0 saturated carbocycles. The lowest BCUT2D eigenvalue weighted by molar-refractivity contribution is -0.0543. The molecule has 0 radical (unpaired) electrons. The maximum atomic E-state index is 10.3. The Balaban J connectivity index is 1.88. The Labute approximate surface area is 113 Å². The van der Waals surface area contributed by atoms with E-state index in [0.717, 1.165) is 24.6 Å². The minimum Gasteiger partial charge on any atom is -0.388 e. The van der Waals surface area contributed by atoms with Crippen LogP contribution in [0.25, 0.3) is 0 Å². The van der Waals surface area contributed by atoms with Crippen LogP contribution in [0, 0.1) is 0 Å². The summed E-state index contributed by atoms with van der Waals surface area (Å²) in [5, 5.41) is 16.7. The molecule has 2 rings (SSSR count). The van der Waals surface area contributed by atoms with Crippen molar-refractivity contribution >= 4 is 11.6 Å². The smallest absolute Gasteiger partial charge is 0.131 e. The first-order valence-electron chi connectivity index (χ1n) is 6.82. The molecule has 1 aromatic rings. The molecule has 6 nitrogen and oxygen atoms in total. The van der Waals surface area contributed by atoms with Crippen molar-refractivity contribution in [2.45, 2.75) is 31.8 Å². The topological polar surface area (TPSA) is 79.3 Å². The van der Waals surface area contributed by atoms with E-state index in [-0.39, 0.29) is 0 Å². The van der Waals surface area contributed by atoms with E-state index in [1.54, 1.807) is 0 Å². The lowest BCUT2D eigenvalue weighted by atomic mass is 9.94. The van der Waals surface area contributed by atoms with Crippen molar-refractivity contribution in [1.82, 2.24) is 9.97 Å². The normalized spacial score (nSPS) is 18.0. The molecule has 0 unspecified atom stereocenters. The van der Waals surface area contributed by atoms with Gasteiger partial charge < -0.3 is 20.5 Å². The predicted octanol–water partition coefficient (Wildman–Crippen LogP) is 1.25. The van der Waals surface area contributed by atoms with Crippen LogP contribution in [-0.4, -0.2) is 47.0 Å². The van der Waals surface area contributed by atoms with Crippen LogP contribution < -0.4 is 10.6 Å². The minimum absolute atomic E-state index is 0.487. The number of hydrogen-bond donors (Lipinski definition) is 3. The van der Waals surface area contributed by atoms with E-state index >= 15 is 0 Å². The van der Waals surface area contributed by atoms with Crippen LogP contribution in [0.3, 0.4) is 0 Å². The summed E-state index contributed by atoms with van der Waals surface area (Å²) in [7, 11) is 0. The zero-order valence-corrected chi connectivity index (χ0v) is 11.4. The van der Waals surface area contributed by atoms with Crippen LogP contribution >= 0.6 is 0 Å². The molecule has 6 heteroatoms. The zero-order valence-electron chi connectivity index (χ0n) is 11.4. The van der Waals surface area contributed by atoms with Gasteiger partial charge in [0.25, 0.3) is 0 Å². The summed E-state index contributed by atoms with van der Waals surface area (Å²) in [6.45, 7) is 4.71. The molecule has 2 heterocycles. The van der Waals surface area contributed by atoms with Gasteiger partial charge in [0.2, 0.25) is 0 Å². The second-order valence-electron chi connectivity index (χ2n) is 4.91. The van der Waals surface area contributed by atoms with Crippen LogP contribution in [0.4, 0.5) is 11.6 Å². The molecule has 3 N–H and O–H groups in total. The summed E-state index contributed by atoms with van der Waals surface area (Å²) in [6, 6.07) is 1.86. The standard InChI is InChI=1S/C13H22N4O2/c1-2-5-14-11-8-12(17-10-16-11)15-9-13(18)3-6-19-7-4-13/h8,10,18H,2-7,9H2,1H3,(H2,14,15,16,17). The van der Waals surface area contributed by atoms with Gasteiger partial charge in [-0.15, -0.1) is 0 Å². The highest BCUT2D eigenvalue weighted by Gasteiger charge is 2.29. The Morgan fingerprint density at radius 2 is 1.95 bits per heavy atom. The maximum absolute atomic E-state index is 10.3. The second-order valence-corrected chi connectivity index (χ2v) is 4.91. The number of nitrogens with one attached hydrogen (secondary N) is 2. The Bertz CT molecular complexity index is 394. The van der Waals surface area contributed by atoms with E-state index in [2.05, 4.69) is 27.5 Å². The molecule has 1 aliphatic heterocycles. The molecule has 1 aromatic heterocycles. The monoisotopic (exact) mass is 266 g/mol. The maximum Gasteiger partial charge on any atom is 0.131 e. The van der Waals surface area contributed by atoms with Crippen LogP contribution in [0.15, 0.2) is 12.4 Å². The van der Waals surface area contributed by atoms with Crippen LogP contribution in [0.5, 0.6) is 0 Å². The number of anilines is 2. The van der Waals surface area contributed by atoms with Gasteiger partial charge in [0.05, 0.1) is 5.60 Å². The number of ether oxygens (including phenoxy) is 1. The van der Waals surface area contributed by atoms with Crippen molar-refractivity contribution in [2.24, 2.45) is 0 Å². The number of rotatable bonds is 6. The fraction of sp³-hybridized carbons (Fsp3) is 0.692. The van der Waals surface area contributed by atoms with Gasteiger partial charge in [-0.2, -0.15) is 0 Å². The fourth-order valence-electron chi connectivity index (χ4n) is 1.99. The molecular formula is C13H22N4O2. The molecule has 1 saturated heterocycles. The Morgan fingerprint density at radius 1 is 1.26 bits per heavy atom. The largest absolute Gasteiger partial charge is 0.388 e. The average molecular weight is 266 g/mol. The quantitative estimate of drug-likeness (QED) is 0.719. The summed E-state index contributed by atoms with van der Waals surface area (Å²) >= 11 is 0. The number of hydrogen-bond acceptors (Lipinski definition) is 6. The highest BCUT2D eigenvalue weighted by molar-refractivity contribution is 5.46. The van der Waals surface area contributed by atoms with Gasteiger partial charge in [-0.3, -0.25) is 0 Å². The number of aliphatic hydroxyl groups is 1. The first-order valence-corrected chi connectivity index (χ1v) is 6.82. The molecule has 0 aromatic carbocycles. The Morgan fingerprint density at radius 3 is 2.63 bits per heavy atom. The number of aromatic nitrogens is 2. The molecule has 0 bridgehead atoms. The van der Waals surface area contributed by atoms with Gasteiger partial charge in [0, 0.05) is 45.2 Å². The minimum atomic E-state index is -0.694. The summed E-state index contributed by atoms with van der Waals surface area (Å²) in [6.07, 6.45) is 3.89. The van der Waals surface area contributed by atoms with E-state index in [0.29, 0.717) is 32.6 Å². The lowest BCUT2D eigenvalue weighted by Gasteiger charge is -2.32. The van der Waals surface area contributed by atoms with Crippen LogP contribution in [0.1, 0.15) is 26.2 Å². The molecule has 106 valence electrons. The fourth-order valence-corrected chi connectivity index (χ4v) is 1.99. The zero-order chi connectivity index (χ0) is 13.6. The van der Waals surface area contributed by atoms with E-state index < -0.39 is 5.60 Å². The van der Waals surface area contributed by atoms with E-state index in [1.807, 2.05) is 6.07 Å². The highest BCUT2D eigenvalue weighted by Crippen LogP contribution is 2.21. The summed E-state index contributed by atoms with van der Waals surface area (Å²) < 4.78 is 5.26. The van der Waals surface area contributed by atoms with Crippen molar-refractivity contribution < 1.29 is 9.84 Å². The van der Waals surface area contributed by atoms with Crippen LogP contribution in [-0.2, 0) is 4.74 Å². The van der Waals surface area contributed by atoms with Gasteiger partial charge in [-0.1, -0.05) is 6.92 Å². The van der Waals surface area contributed by atoms with Crippen molar-refractivity contribution in [1.29, 1.82) is 0 Å². The molecule has 0 atom stereocenters. The molecule has 0 aliphatic carbocycles. The molecule has 1 fully saturated rings. The first-order chi connectivity index (χ1) is 9.22. The van der Waals surface area contributed by atoms with Gasteiger partial charge in [-0.25, -0.2) is 9.97 Å². The Hall–Kier alpha value is -1.40. The predicted molar refractivity (Wildman–Crippen MR) is 74.3 cm³/mol. The Kier molecular flexibility index (Phi) is 4.93. The van der Waals surface area contributed by atoms with Gasteiger partial charge in [0.15, 0.2) is 0 Å². The van der Waals surface area contributed by atoms with Gasteiger partial charge >= 0.3 is 0 Å². The molecule has 0 amide bonds. The van der Waals surface area contributed by atoms with E-state index in [1.165, 1.54) is 6.33 Å². The lowest BCUT2D eigenvalue weighted by Crippen LogP contribution is -2.42. The molecular weight excluding hydrogens is 244 g/mol. The van der Waals surface area contributed by atoms with Crippen LogP contribution in [0.2, 0.25) is 0 Å². The van der Waals surface area contributed by atoms with Gasteiger partial charge in [-0.05, 0) is 6.42 Å². The van der Waals surface area contributed by atoms with E-state index in [9.17, 15) is 5.11 Å². The SMILES string of the molecule is CCCNc1cc(NCC2(O)CCOCC2)ncn1. The summed E-state index contributed by atoms with van der Waals surface area (Å²) in [5.74, 6) is 1.53. The summed E-state index contributed by atoms with van der Waals surface area (Å²) in [5.41, 5.74) is -0.694. The van der Waals surface area contributed by atoms with Crippen molar-refractivity contribution in [2.75, 3.05) is 36.9 Å². The van der Waals surface area contributed by atoms with Crippen molar-refractivity contribution in [3.05, 3.63) is 12.4 Å². The third-order valence-electron chi connectivity index (χ3n) is 3.25. The van der Waals surface area contributed by atoms with Crippen molar-refractivity contribution in [3.63, 3.8) is 0 Å². The summed E-state index contributed by atoms with van der Waals surface area (Å²) in [4.78, 5) is 8.30. The van der Waals surface area contributed by atoms with E-state index in [4.69, 9.17) is 4.74 Å².